The van der Waals surface area contributed by atoms with Crippen LogP contribution >= 0.6 is 0 Å². The maximum absolute atomic E-state index is 6.91. The molecule has 0 aromatic rings. The Morgan fingerprint density at radius 2 is 2.27 bits per heavy atom. The zero-order valence-corrected chi connectivity index (χ0v) is 7.09. The molecule has 66 valence electrons. The summed E-state index contributed by atoms with van der Waals surface area (Å²) in [5.74, 6) is 0.162. The zero-order chi connectivity index (χ0) is 8.69. The van der Waals surface area contributed by atoms with Crippen molar-refractivity contribution in [1.82, 2.24) is 0 Å². The van der Waals surface area contributed by atoms with E-state index in [9.17, 15) is 0 Å². The Morgan fingerprint density at radius 1 is 1.64 bits per heavy atom. The average Bonchev–Trinajstić information content (AvgIpc) is 1.87. The monoisotopic (exact) mass is 160 g/mol. The molecular weight excluding hydrogens is 144 g/mol. The molecule has 3 N–H and O–H groups in total. The van der Waals surface area contributed by atoms with Crippen LogP contribution in [0.1, 0.15) is 13.3 Å². The van der Waals surface area contributed by atoms with E-state index in [0.29, 0.717) is 19.6 Å². The summed E-state index contributed by atoms with van der Waals surface area (Å²) in [7, 11) is 1.63. The minimum absolute atomic E-state index is 0.0827. The van der Waals surface area contributed by atoms with Crippen molar-refractivity contribution in [1.29, 1.82) is 5.41 Å². The summed E-state index contributed by atoms with van der Waals surface area (Å²) in [6, 6.07) is 0. The van der Waals surface area contributed by atoms with E-state index in [1.54, 1.807) is 7.11 Å². The molecule has 0 saturated carbocycles. The number of amidine groups is 1. The van der Waals surface area contributed by atoms with Crippen molar-refractivity contribution in [2.75, 3.05) is 20.3 Å². The van der Waals surface area contributed by atoms with Gasteiger partial charge >= 0.3 is 0 Å². The molecule has 1 unspecified atom stereocenters. The van der Waals surface area contributed by atoms with E-state index in [-0.39, 0.29) is 11.9 Å². The van der Waals surface area contributed by atoms with Gasteiger partial charge in [0.15, 0.2) is 0 Å². The van der Waals surface area contributed by atoms with E-state index in [4.69, 9.17) is 20.6 Å². The number of rotatable bonds is 6. The van der Waals surface area contributed by atoms with Crippen molar-refractivity contribution >= 4 is 5.84 Å². The van der Waals surface area contributed by atoms with Gasteiger partial charge in [0.1, 0.15) is 0 Å². The molecule has 0 amide bonds. The summed E-state index contributed by atoms with van der Waals surface area (Å²) >= 11 is 0. The number of hydrogen-bond donors (Lipinski definition) is 2. The van der Waals surface area contributed by atoms with Crippen molar-refractivity contribution in [3.05, 3.63) is 0 Å². The fraction of sp³-hybridized carbons (Fsp3) is 0.857. The van der Waals surface area contributed by atoms with Gasteiger partial charge in [0, 0.05) is 13.5 Å². The van der Waals surface area contributed by atoms with Crippen LogP contribution in [-0.4, -0.2) is 32.3 Å². The molecule has 0 aromatic heterocycles. The van der Waals surface area contributed by atoms with E-state index in [2.05, 4.69) is 0 Å². The lowest BCUT2D eigenvalue weighted by atomic mass is 10.4. The summed E-state index contributed by atoms with van der Waals surface area (Å²) in [5.41, 5.74) is 5.12. The number of nitrogens with one attached hydrogen (secondary N) is 1. The lowest BCUT2D eigenvalue weighted by Gasteiger charge is -2.10. The van der Waals surface area contributed by atoms with E-state index in [0.717, 1.165) is 0 Å². The van der Waals surface area contributed by atoms with Crippen LogP contribution in [-0.2, 0) is 9.47 Å². The van der Waals surface area contributed by atoms with Crippen molar-refractivity contribution in [3.63, 3.8) is 0 Å². The third-order valence-electron chi connectivity index (χ3n) is 1.18. The van der Waals surface area contributed by atoms with Crippen molar-refractivity contribution < 1.29 is 9.47 Å². The van der Waals surface area contributed by atoms with E-state index in [1.165, 1.54) is 0 Å². The lowest BCUT2D eigenvalue weighted by Crippen LogP contribution is -2.19. The van der Waals surface area contributed by atoms with E-state index >= 15 is 0 Å². The predicted octanol–water partition coefficient (Wildman–Crippen LogP) is 0.364. The molecule has 4 nitrogen and oxygen atoms in total. The van der Waals surface area contributed by atoms with Crippen molar-refractivity contribution in [3.8, 4) is 0 Å². The molecular formula is C7H16N2O2. The van der Waals surface area contributed by atoms with Gasteiger partial charge in [0.2, 0.25) is 0 Å². The van der Waals surface area contributed by atoms with Crippen molar-refractivity contribution in [2.45, 2.75) is 19.4 Å². The molecule has 0 saturated heterocycles. The van der Waals surface area contributed by atoms with Gasteiger partial charge in [-0.25, -0.2) is 0 Å². The highest BCUT2D eigenvalue weighted by atomic mass is 16.5. The Balaban J connectivity index is 3.16. The molecule has 4 heteroatoms. The maximum Gasteiger partial charge on any atom is 0.0928 e. The second-order valence-corrected chi connectivity index (χ2v) is 2.41. The van der Waals surface area contributed by atoms with Crippen molar-refractivity contribution in [2.24, 2.45) is 5.73 Å². The first-order chi connectivity index (χ1) is 5.16. The van der Waals surface area contributed by atoms with Crippen LogP contribution in [0.3, 0.4) is 0 Å². The first kappa shape index (κ1) is 10.4. The number of hydrogen-bond acceptors (Lipinski definition) is 3. The minimum atomic E-state index is 0.0827. The van der Waals surface area contributed by atoms with Gasteiger partial charge in [-0.3, -0.25) is 5.41 Å². The number of ether oxygens (including phenoxy) is 2. The van der Waals surface area contributed by atoms with Gasteiger partial charge < -0.3 is 15.2 Å². The van der Waals surface area contributed by atoms with Crippen LogP contribution in [0.15, 0.2) is 0 Å². The Bertz CT molecular complexity index is 117. The fourth-order valence-corrected chi connectivity index (χ4v) is 0.653. The molecule has 1 atom stereocenters. The number of methoxy groups -OCH3 is 1. The summed E-state index contributed by atoms with van der Waals surface area (Å²) in [6.45, 7) is 3.00. The van der Waals surface area contributed by atoms with Crippen LogP contribution in [0.4, 0.5) is 0 Å². The van der Waals surface area contributed by atoms with Gasteiger partial charge in [0.05, 0.1) is 25.2 Å². The third-order valence-corrected chi connectivity index (χ3v) is 1.18. The smallest absolute Gasteiger partial charge is 0.0928 e. The van der Waals surface area contributed by atoms with Crippen LogP contribution in [0, 0.1) is 5.41 Å². The summed E-state index contributed by atoms with van der Waals surface area (Å²) < 4.78 is 10.1. The van der Waals surface area contributed by atoms with Gasteiger partial charge in [-0.05, 0) is 6.92 Å². The average molecular weight is 160 g/mol. The van der Waals surface area contributed by atoms with Gasteiger partial charge in [0.25, 0.3) is 0 Å². The molecule has 0 aliphatic heterocycles. The van der Waals surface area contributed by atoms with Crippen LogP contribution in [0.2, 0.25) is 0 Å². The van der Waals surface area contributed by atoms with E-state index in [1.807, 2.05) is 6.92 Å². The topological polar surface area (TPSA) is 68.3 Å². The van der Waals surface area contributed by atoms with Crippen LogP contribution in [0.25, 0.3) is 0 Å². The lowest BCUT2D eigenvalue weighted by molar-refractivity contribution is 0.0123. The third kappa shape index (κ3) is 7.29. The standard InChI is InChI=1S/C7H16N2O2/c1-6(5-10-2)11-4-3-7(8)9/h6H,3-5H2,1-2H3,(H3,8,9). The predicted molar refractivity (Wildman–Crippen MR) is 43.8 cm³/mol. The first-order valence-corrected chi connectivity index (χ1v) is 3.60. The second-order valence-electron chi connectivity index (χ2n) is 2.41. The highest BCUT2D eigenvalue weighted by molar-refractivity contribution is 5.76. The molecule has 0 aliphatic carbocycles. The summed E-state index contributed by atoms with van der Waals surface area (Å²) in [5, 5.41) is 6.91. The molecule has 11 heavy (non-hydrogen) atoms. The molecule has 0 fully saturated rings. The Labute approximate surface area is 67.2 Å². The minimum Gasteiger partial charge on any atom is -0.388 e. The molecule has 0 aromatic carbocycles. The molecule has 0 aliphatic rings. The Kier molecular flexibility index (Phi) is 5.78. The summed E-state index contributed by atoms with van der Waals surface area (Å²) in [6.07, 6.45) is 0.577. The van der Waals surface area contributed by atoms with Crippen LogP contribution in [0.5, 0.6) is 0 Å². The van der Waals surface area contributed by atoms with Gasteiger partial charge in [-0.1, -0.05) is 0 Å². The molecule has 0 heterocycles. The van der Waals surface area contributed by atoms with Crippen LogP contribution < -0.4 is 5.73 Å². The first-order valence-electron chi connectivity index (χ1n) is 3.60. The fourth-order valence-electron chi connectivity index (χ4n) is 0.653. The molecule has 0 radical (unpaired) electrons. The highest BCUT2D eigenvalue weighted by Crippen LogP contribution is 1.92. The molecule has 0 spiro atoms. The Hall–Kier alpha value is -0.610. The zero-order valence-electron chi connectivity index (χ0n) is 7.09. The largest absolute Gasteiger partial charge is 0.388 e. The normalized spacial score (nSPS) is 12.9. The maximum atomic E-state index is 6.91. The number of nitrogens with two attached hydrogens (primary N) is 1. The molecule has 0 rings (SSSR count). The quantitative estimate of drug-likeness (QED) is 0.435. The van der Waals surface area contributed by atoms with Gasteiger partial charge in [-0.15, -0.1) is 0 Å². The van der Waals surface area contributed by atoms with Gasteiger partial charge in [-0.2, -0.15) is 0 Å². The summed E-state index contributed by atoms with van der Waals surface area (Å²) in [4.78, 5) is 0. The Morgan fingerprint density at radius 3 is 2.73 bits per heavy atom. The highest BCUT2D eigenvalue weighted by Gasteiger charge is 2.00. The van der Waals surface area contributed by atoms with E-state index < -0.39 is 0 Å². The second kappa shape index (κ2) is 6.12. The molecule has 0 bridgehead atoms. The SMILES string of the molecule is COCC(C)OCCC(=N)N.